The van der Waals surface area contributed by atoms with Gasteiger partial charge >= 0.3 is 0 Å². The van der Waals surface area contributed by atoms with Crippen LogP contribution in [0.25, 0.3) is 0 Å². The number of thiazole rings is 1. The lowest BCUT2D eigenvalue weighted by Crippen LogP contribution is -2.20. The Morgan fingerprint density at radius 3 is 2.62 bits per heavy atom. The van der Waals surface area contributed by atoms with Crippen molar-refractivity contribution in [3.05, 3.63) is 16.1 Å². The van der Waals surface area contributed by atoms with E-state index in [1.807, 2.05) is 6.92 Å². The molecule has 1 aromatic rings. The largest absolute Gasteiger partial charge is 0.322 e. The number of rotatable bonds is 6. The second kappa shape index (κ2) is 6.33. The molecule has 0 amide bonds. The Bertz CT molecular complexity index is 307. The molecule has 2 N–H and O–H groups in total. The average Bonchev–Trinajstić information content (AvgIpc) is 2.63. The van der Waals surface area contributed by atoms with Crippen molar-refractivity contribution >= 4 is 11.3 Å². The minimum absolute atomic E-state index is 0.0553. The molecule has 1 rings (SSSR count). The highest BCUT2D eigenvalue weighted by molar-refractivity contribution is 7.09. The first-order valence-electron chi connectivity index (χ1n) is 5.87. The highest BCUT2D eigenvalue weighted by Crippen LogP contribution is 2.16. The van der Waals surface area contributed by atoms with Crippen molar-refractivity contribution in [2.24, 2.45) is 11.7 Å². The van der Waals surface area contributed by atoms with Crippen molar-refractivity contribution in [1.29, 1.82) is 0 Å². The van der Waals surface area contributed by atoms with Crippen molar-refractivity contribution < 1.29 is 0 Å². The van der Waals surface area contributed by atoms with E-state index in [0.29, 0.717) is 0 Å². The first kappa shape index (κ1) is 13.6. The number of nitrogens with zero attached hydrogens (tertiary/aromatic N) is 2. The van der Waals surface area contributed by atoms with Gasteiger partial charge in [0, 0.05) is 11.9 Å². The van der Waals surface area contributed by atoms with Crippen LogP contribution >= 0.6 is 11.3 Å². The molecule has 0 saturated carbocycles. The van der Waals surface area contributed by atoms with Crippen molar-refractivity contribution in [3.63, 3.8) is 0 Å². The standard InChI is InChI=1S/C12H23N3S/c1-9(2)5-6-15(4)7-11-8-16-12(14-11)10(3)13/h8-10H,5-7,13H2,1-4H3. The Morgan fingerprint density at radius 1 is 1.44 bits per heavy atom. The van der Waals surface area contributed by atoms with Crippen LogP contribution in [-0.4, -0.2) is 23.5 Å². The molecule has 0 fully saturated rings. The van der Waals surface area contributed by atoms with Crippen LogP contribution < -0.4 is 5.73 Å². The molecular weight excluding hydrogens is 218 g/mol. The zero-order chi connectivity index (χ0) is 12.1. The summed E-state index contributed by atoms with van der Waals surface area (Å²) in [5.41, 5.74) is 6.93. The van der Waals surface area contributed by atoms with Crippen LogP contribution in [0.3, 0.4) is 0 Å². The normalized spacial score (nSPS) is 13.7. The maximum Gasteiger partial charge on any atom is 0.109 e. The zero-order valence-corrected chi connectivity index (χ0v) is 11.5. The van der Waals surface area contributed by atoms with Gasteiger partial charge < -0.3 is 10.6 Å². The van der Waals surface area contributed by atoms with Gasteiger partial charge in [-0.3, -0.25) is 0 Å². The summed E-state index contributed by atoms with van der Waals surface area (Å²) in [4.78, 5) is 6.85. The highest BCUT2D eigenvalue weighted by Gasteiger charge is 2.08. The van der Waals surface area contributed by atoms with Gasteiger partial charge in [-0.25, -0.2) is 4.98 Å². The maximum atomic E-state index is 5.79. The van der Waals surface area contributed by atoms with E-state index >= 15 is 0 Å². The van der Waals surface area contributed by atoms with Crippen LogP contribution in [0.2, 0.25) is 0 Å². The van der Waals surface area contributed by atoms with Gasteiger partial charge in [-0.2, -0.15) is 0 Å². The van der Waals surface area contributed by atoms with Crippen molar-refractivity contribution in [2.45, 2.75) is 39.8 Å². The lowest BCUT2D eigenvalue weighted by Gasteiger charge is -2.16. The Kier molecular flexibility index (Phi) is 5.38. The summed E-state index contributed by atoms with van der Waals surface area (Å²) in [5.74, 6) is 0.762. The Hall–Kier alpha value is -0.450. The number of hydrogen-bond acceptors (Lipinski definition) is 4. The van der Waals surface area contributed by atoms with Gasteiger partial charge in [-0.1, -0.05) is 13.8 Å². The molecular formula is C12H23N3S. The Morgan fingerprint density at radius 2 is 2.12 bits per heavy atom. The summed E-state index contributed by atoms with van der Waals surface area (Å²) < 4.78 is 0. The summed E-state index contributed by atoms with van der Waals surface area (Å²) in [6.45, 7) is 8.54. The fourth-order valence-electron chi connectivity index (χ4n) is 1.44. The lowest BCUT2D eigenvalue weighted by atomic mass is 10.1. The van der Waals surface area contributed by atoms with E-state index in [4.69, 9.17) is 5.73 Å². The van der Waals surface area contributed by atoms with Gasteiger partial charge in [0.1, 0.15) is 5.01 Å². The lowest BCUT2D eigenvalue weighted by molar-refractivity contribution is 0.300. The summed E-state index contributed by atoms with van der Waals surface area (Å²) >= 11 is 1.66. The van der Waals surface area contributed by atoms with Gasteiger partial charge in [0.2, 0.25) is 0 Å². The minimum Gasteiger partial charge on any atom is -0.322 e. The summed E-state index contributed by atoms with van der Waals surface area (Å²) in [6.07, 6.45) is 1.24. The van der Waals surface area contributed by atoms with Crippen LogP contribution in [0.1, 0.15) is 43.9 Å². The highest BCUT2D eigenvalue weighted by atomic mass is 32.1. The fraction of sp³-hybridized carbons (Fsp3) is 0.750. The molecule has 1 heterocycles. The molecule has 0 aromatic carbocycles. The van der Waals surface area contributed by atoms with E-state index < -0.39 is 0 Å². The van der Waals surface area contributed by atoms with Crippen LogP contribution in [-0.2, 0) is 6.54 Å². The second-order valence-electron chi connectivity index (χ2n) is 4.89. The van der Waals surface area contributed by atoms with Gasteiger partial charge in [-0.15, -0.1) is 11.3 Å². The smallest absolute Gasteiger partial charge is 0.109 e. The van der Waals surface area contributed by atoms with E-state index in [1.165, 1.54) is 6.42 Å². The number of hydrogen-bond donors (Lipinski definition) is 1. The molecule has 0 radical (unpaired) electrons. The summed E-state index contributed by atoms with van der Waals surface area (Å²) in [5, 5.41) is 3.15. The topological polar surface area (TPSA) is 42.1 Å². The predicted octanol–water partition coefficient (Wildman–Crippen LogP) is 2.64. The van der Waals surface area contributed by atoms with Crippen LogP contribution in [0.4, 0.5) is 0 Å². The molecule has 92 valence electrons. The van der Waals surface area contributed by atoms with Crippen molar-refractivity contribution in [2.75, 3.05) is 13.6 Å². The maximum absolute atomic E-state index is 5.79. The van der Waals surface area contributed by atoms with Gasteiger partial charge in [0.25, 0.3) is 0 Å². The van der Waals surface area contributed by atoms with Crippen LogP contribution in [0, 0.1) is 5.92 Å². The molecule has 0 aliphatic rings. The SMILES string of the molecule is CC(C)CCN(C)Cc1csc(C(C)N)n1. The third-order valence-corrected chi connectivity index (χ3v) is 3.57. The second-order valence-corrected chi connectivity index (χ2v) is 5.78. The molecule has 0 aliphatic heterocycles. The Balaban J connectivity index is 2.40. The summed E-state index contributed by atoms with van der Waals surface area (Å²) in [6, 6.07) is 0.0553. The quantitative estimate of drug-likeness (QED) is 0.832. The Labute approximate surface area is 103 Å². The van der Waals surface area contributed by atoms with E-state index in [2.05, 4.69) is 36.2 Å². The van der Waals surface area contributed by atoms with E-state index in [1.54, 1.807) is 11.3 Å². The molecule has 0 aliphatic carbocycles. The molecule has 16 heavy (non-hydrogen) atoms. The van der Waals surface area contributed by atoms with Crippen LogP contribution in [0.5, 0.6) is 0 Å². The van der Waals surface area contributed by atoms with Crippen molar-refractivity contribution in [1.82, 2.24) is 9.88 Å². The fourth-order valence-corrected chi connectivity index (χ4v) is 2.21. The van der Waals surface area contributed by atoms with Gasteiger partial charge in [0.15, 0.2) is 0 Å². The van der Waals surface area contributed by atoms with Crippen molar-refractivity contribution in [3.8, 4) is 0 Å². The number of nitrogens with two attached hydrogens (primary N) is 1. The molecule has 1 atom stereocenters. The monoisotopic (exact) mass is 241 g/mol. The van der Waals surface area contributed by atoms with E-state index in [9.17, 15) is 0 Å². The molecule has 0 saturated heterocycles. The third-order valence-electron chi connectivity index (χ3n) is 2.48. The predicted molar refractivity (Wildman–Crippen MR) is 70.5 cm³/mol. The molecule has 3 nitrogen and oxygen atoms in total. The molecule has 0 spiro atoms. The first-order valence-corrected chi connectivity index (χ1v) is 6.75. The molecule has 4 heteroatoms. The van der Waals surface area contributed by atoms with Gasteiger partial charge in [-0.05, 0) is 32.9 Å². The molecule has 0 bridgehead atoms. The van der Waals surface area contributed by atoms with E-state index in [-0.39, 0.29) is 6.04 Å². The summed E-state index contributed by atoms with van der Waals surface area (Å²) in [7, 11) is 2.15. The molecule has 1 aromatic heterocycles. The first-order chi connectivity index (χ1) is 7.49. The average molecular weight is 241 g/mol. The van der Waals surface area contributed by atoms with Crippen LogP contribution in [0.15, 0.2) is 5.38 Å². The van der Waals surface area contributed by atoms with Gasteiger partial charge in [0.05, 0.1) is 11.7 Å². The zero-order valence-electron chi connectivity index (χ0n) is 10.7. The third kappa shape index (κ3) is 4.60. The number of aromatic nitrogens is 1. The molecule has 1 unspecified atom stereocenters. The minimum atomic E-state index is 0.0553. The van der Waals surface area contributed by atoms with E-state index in [0.717, 1.165) is 29.7 Å².